The number of carbonyl (C=O) groups is 1. The summed E-state index contributed by atoms with van der Waals surface area (Å²) in [4.78, 5) is 19.7. The Balaban J connectivity index is 1.75. The zero-order chi connectivity index (χ0) is 14.8. The molecule has 2 atom stereocenters. The Labute approximate surface area is 125 Å². The first-order valence-corrected chi connectivity index (χ1v) is 7.89. The highest BCUT2D eigenvalue weighted by Crippen LogP contribution is 2.30. The number of hydrogen-bond donors (Lipinski definition) is 2. The summed E-state index contributed by atoms with van der Waals surface area (Å²) in [5.41, 5.74) is 2.51. The molecule has 1 fully saturated rings. The predicted molar refractivity (Wildman–Crippen MR) is 84.1 cm³/mol. The first-order chi connectivity index (χ1) is 10.1. The van der Waals surface area contributed by atoms with Crippen LogP contribution in [0.15, 0.2) is 24.5 Å². The van der Waals surface area contributed by atoms with E-state index in [1.54, 1.807) is 6.33 Å². The van der Waals surface area contributed by atoms with Gasteiger partial charge in [0.1, 0.15) is 0 Å². The molecule has 0 spiro atoms. The van der Waals surface area contributed by atoms with E-state index in [0.29, 0.717) is 23.4 Å². The fourth-order valence-corrected chi connectivity index (χ4v) is 3.47. The topological polar surface area (TPSA) is 57.8 Å². The zero-order valence-corrected chi connectivity index (χ0v) is 12.7. The fraction of sp³-hybridized carbons (Fsp3) is 0.529. The fourth-order valence-electron chi connectivity index (χ4n) is 3.47. The van der Waals surface area contributed by atoms with Gasteiger partial charge >= 0.3 is 0 Å². The van der Waals surface area contributed by atoms with Crippen LogP contribution < -0.4 is 5.32 Å². The molecule has 1 amide bonds. The van der Waals surface area contributed by atoms with Crippen LogP contribution in [-0.2, 0) is 0 Å². The molecule has 2 unspecified atom stereocenters. The van der Waals surface area contributed by atoms with Crippen molar-refractivity contribution in [1.82, 2.24) is 15.3 Å². The van der Waals surface area contributed by atoms with Gasteiger partial charge in [-0.3, -0.25) is 4.79 Å². The van der Waals surface area contributed by atoms with Crippen LogP contribution in [0, 0.1) is 11.8 Å². The van der Waals surface area contributed by atoms with Crippen molar-refractivity contribution in [3.63, 3.8) is 0 Å². The Bertz CT molecular complexity index is 632. The van der Waals surface area contributed by atoms with Crippen LogP contribution in [0.5, 0.6) is 0 Å². The average molecular weight is 285 g/mol. The molecule has 4 nitrogen and oxygen atoms in total. The maximum atomic E-state index is 12.5. The molecular weight excluding hydrogens is 262 g/mol. The lowest BCUT2D eigenvalue weighted by Crippen LogP contribution is -2.43. The van der Waals surface area contributed by atoms with Crippen molar-refractivity contribution in [3.05, 3.63) is 30.1 Å². The maximum Gasteiger partial charge on any atom is 0.251 e. The molecule has 1 aromatic heterocycles. The molecule has 0 aliphatic heterocycles. The third-order valence-electron chi connectivity index (χ3n) is 4.67. The van der Waals surface area contributed by atoms with E-state index in [-0.39, 0.29) is 5.91 Å². The van der Waals surface area contributed by atoms with E-state index in [0.717, 1.165) is 17.5 Å². The first kappa shape index (κ1) is 14.1. The van der Waals surface area contributed by atoms with Gasteiger partial charge in [0.15, 0.2) is 0 Å². The molecule has 1 aromatic carbocycles. The number of amides is 1. The predicted octanol–water partition coefficient (Wildman–Crippen LogP) is 3.51. The van der Waals surface area contributed by atoms with E-state index >= 15 is 0 Å². The normalized spacial score (nSPS) is 22.6. The van der Waals surface area contributed by atoms with Crippen LogP contribution in [0.4, 0.5) is 0 Å². The number of benzene rings is 1. The molecule has 0 radical (unpaired) electrons. The van der Waals surface area contributed by atoms with Gasteiger partial charge in [-0.05, 0) is 42.9 Å². The number of aromatic nitrogens is 2. The quantitative estimate of drug-likeness (QED) is 0.906. The molecule has 0 bridgehead atoms. The highest BCUT2D eigenvalue weighted by molar-refractivity contribution is 5.97. The Morgan fingerprint density at radius 3 is 2.95 bits per heavy atom. The highest BCUT2D eigenvalue weighted by atomic mass is 16.1. The van der Waals surface area contributed by atoms with Crippen molar-refractivity contribution in [2.45, 2.75) is 45.6 Å². The zero-order valence-electron chi connectivity index (χ0n) is 12.7. The minimum absolute atomic E-state index is 0.0315. The third kappa shape index (κ3) is 2.94. The smallest absolute Gasteiger partial charge is 0.251 e. The van der Waals surface area contributed by atoms with Gasteiger partial charge in [0.2, 0.25) is 0 Å². The number of carbonyl (C=O) groups excluding carboxylic acids is 1. The van der Waals surface area contributed by atoms with Crippen molar-refractivity contribution in [2.24, 2.45) is 11.8 Å². The summed E-state index contributed by atoms with van der Waals surface area (Å²) in [6, 6.07) is 5.93. The van der Waals surface area contributed by atoms with Gasteiger partial charge in [0.25, 0.3) is 5.91 Å². The van der Waals surface area contributed by atoms with Gasteiger partial charge in [-0.25, -0.2) is 4.98 Å². The number of imidazole rings is 1. The van der Waals surface area contributed by atoms with Crippen LogP contribution >= 0.6 is 0 Å². The monoisotopic (exact) mass is 285 g/mol. The van der Waals surface area contributed by atoms with Crippen molar-refractivity contribution >= 4 is 16.9 Å². The van der Waals surface area contributed by atoms with Crippen LogP contribution in [0.3, 0.4) is 0 Å². The Hall–Kier alpha value is -1.84. The third-order valence-corrected chi connectivity index (χ3v) is 4.67. The van der Waals surface area contributed by atoms with Gasteiger partial charge < -0.3 is 10.3 Å². The van der Waals surface area contributed by atoms with Crippen LogP contribution in [0.2, 0.25) is 0 Å². The summed E-state index contributed by atoms with van der Waals surface area (Å²) in [6.45, 7) is 4.51. The van der Waals surface area contributed by atoms with Gasteiger partial charge in [-0.15, -0.1) is 0 Å². The van der Waals surface area contributed by atoms with E-state index in [4.69, 9.17) is 0 Å². The molecule has 2 N–H and O–H groups in total. The van der Waals surface area contributed by atoms with Crippen molar-refractivity contribution in [2.75, 3.05) is 0 Å². The molecule has 1 saturated carbocycles. The Morgan fingerprint density at radius 1 is 1.33 bits per heavy atom. The number of fused-ring (bicyclic) bond motifs is 1. The van der Waals surface area contributed by atoms with Gasteiger partial charge in [-0.1, -0.05) is 26.7 Å². The molecule has 4 heteroatoms. The van der Waals surface area contributed by atoms with E-state index in [1.165, 1.54) is 19.3 Å². The Morgan fingerprint density at radius 2 is 2.14 bits per heavy atom. The summed E-state index contributed by atoms with van der Waals surface area (Å²) in [6.07, 6.45) is 6.48. The molecule has 1 heterocycles. The van der Waals surface area contributed by atoms with E-state index in [1.807, 2.05) is 18.2 Å². The maximum absolute atomic E-state index is 12.5. The number of H-pyrrole nitrogens is 1. The van der Waals surface area contributed by atoms with Crippen LogP contribution in [0.1, 0.15) is 49.9 Å². The van der Waals surface area contributed by atoms with Crippen LogP contribution in [0.25, 0.3) is 11.0 Å². The van der Waals surface area contributed by atoms with Crippen LogP contribution in [-0.4, -0.2) is 21.9 Å². The minimum Gasteiger partial charge on any atom is -0.349 e. The average Bonchev–Trinajstić information content (AvgIpc) is 2.94. The second-order valence-corrected chi connectivity index (χ2v) is 6.41. The molecule has 1 aliphatic carbocycles. The second-order valence-electron chi connectivity index (χ2n) is 6.41. The molecule has 1 aliphatic rings. The van der Waals surface area contributed by atoms with Crippen molar-refractivity contribution < 1.29 is 4.79 Å². The lowest BCUT2D eigenvalue weighted by molar-refractivity contribution is 0.0889. The number of hydrogen-bond acceptors (Lipinski definition) is 2. The van der Waals surface area contributed by atoms with E-state index in [2.05, 4.69) is 29.1 Å². The largest absolute Gasteiger partial charge is 0.349 e. The summed E-state index contributed by atoms with van der Waals surface area (Å²) in [5.74, 6) is 1.24. The first-order valence-electron chi connectivity index (χ1n) is 7.89. The van der Waals surface area contributed by atoms with Gasteiger partial charge in [0, 0.05) is 11.6 Å². The Kier molecular flexibility index (Phi) is 3.95. The summed E-state index contributed by atoms with van der Waals surface area (Å²) < 4.78 is 0. The summed E-state index contributed by atoms with van der Waals surface area (Å²) >= 11 is 0. The molecule has 112 valence electrons. The van der Waals surface area contributed by atoms with E-state index in [9.17, 15) is 4.79 Å². The van der Waals surface area contributed by atoms with Crippen molar-refractivity contribution in [1.29, 1.82) is 0 Å². The van der Waals surface area contributed by atoms with Crippen molar-refractivity contribution in [3.8, 4) is 0 Å². The van der Waals surface area contributed by atoms with Gasteiger partial charge in [-0.2, -0.15) is 0 Å². The lowest BCUT2D eigenvalue weighted by Gasteiger charge is -2.34. The number of nitrogens with one attached hydrogen (secondary N) is 2. The second kappa shape index (κ2) is 5.88. The molecular formula is C17H23N3O. The minimum atomic E-state index is 0.0315. The number of nitrogens with zero attached hydrogens (tertiary/aromatic N) is 1. The SMILES string of the molecule is CC(C)C1CCCCC1NC(=O)c1ccc2nc[nH]c2c1. The van der Waals surface area contributed by atoms with Gasteiger partial charge in [0.05, 0.1) is 17.4 Å². The molecule has 3 rings (SSSR count). The molecule has 0 saturated heterocycles. The standard InChI is InChI=1S/C17H23N3O/c1-11(2)13-5-3-4-6-14(13)20-17(21)12-7-8-15-16(9-12)19-10-18-15/h7-11,13-14H,3-6H2,1-2H3,(H,18,19)(H,20,21). The number of aromatic amines is 1. The summed E-state index contributed by atoms with van der Waals surface area (Å²) in [5, 5.41) is 3.25. The lowest BCUT2D eigenvalue weighted by atomic mass is 9.78. The molecule has 2 aromatic rings. The number of rotatable bonds is 3. The summed E-state index contributed by atoms with van der Waals surface area (Å²) in [7, 11) is 0. The highest BCUT2D eigenvalue weighted by Gasteiger charge is 2.28. The molecule has 21 heavy (non-hydrogen) atoms. The van der Waals surface area contributed by atoms with E-state index < -0.39 is 0 Å².